The number of carbonyl (C=O) groups excluding carboxylic acids is 1. The van der Waals surface area contributed by atoms with Crippen LogP contribution in [-0.4, -0.2) is 41.4 Å². The van der Waals surface area contributed by atoms with E-state index in [0.29, 0.717) is 11.7 Å². The lowest BCUT2D eigenvalue weighted by atomic mass is 9.79. The topological polar surface area (TPSA) is 89.1 Å². The molecule has 146 valence electrons. The molecule has 1 aromatic heterocycles. The molecule has 3 rings (SSSR count). The molecule has 0 bridgehead atoms. The number of hydrogen-bond acceptors (Lipinski definition) is 5. The molecule has 0 radical (unpaired) electrons. The lowest BCUT2D eigenvalue weighted by molar-refractivity contribution is -0.121. The van der Waals surface area contributed by atoms with Crippen molar-refractivity contribution in [1.82, 2.24) is 15.2 Å². The summed E-state index contributed by atoms with van der Waals surface area (Å²) in [5.74, 6) is 0.682. The number of ether oxygens (including phenoxy) is 2. The summed E-state index contributed by atoms with van der Waals surface area (Å²) in [5, 5.41) is 9.37. The predicted molar refractivity (Wildman–Crippen MR) is 98.8 cm³/mol. The molecule has 2 unspecified atom stereocenters. The third-order valence-electron chi connectivity index (χ3n) is 5.36. The van der Waals surface area contributed by atoms with E-state index in [4.69, 9.17) is 9.47 Å². The number of benzene rings is 1. The highest BCUT2D eigenvalue weighted by atomic mass is 19.1. The molecule has 2 N–H and O–H groups in total. The van der Waals surface area contributed by atoms with Crippen LogP contribution in [0.5, 0.6) is 5.75 Å². The van der Waals surface area contributed by atoms with Crippen molar-refractivity contribution in [1.29, 1.82) is 0 Å². The zero-order valence-electron chi connectivity index (χ0n) is 15.8. The van der Waals surface area contributed by atoms with E-state index in [9.17, 15) is 9.18 Å². The minimum absolute atomic E-state index is 0.135. The minimum atomic E-state index is -0.482. The molecular formula is C19H25FN4O3. The second-order valence-electron chi connectivity index (χ2n) is 6.94. The molecule has 1 amide bonds. The number of aromatic nitrogens is 3. The van der Waals surface area contributed by atoms with E-state index in [-0.39, 0.29) is 35.1 Å². The van der Waals surface area contributed by atoms with Gasteiger partial charge in [0.15, 0.2) is 5.82 Å². The van der Waals surface area contributed by atoms with Crippen molar-refractivity contribution in [3.63, 3.8) is 0 Å². The van der Waals surface area contributed by atoms with E-state index in [1.807, 2.05) is 6.92 Å². The molecule has 1 aliphatic rings. The van der Waals surface area contributed by atoms with Gasteiger partial charge in [0.2, 0.25) is 11.9 Å². The smallest absolute Gasteiger partial charge is 0.249 e. The van der Waals surface area contributed by atoms with Crippen LogP contribution in [-0.2, 0) is 9.53 Å². The maximum Gasteiger partial charge on any atom is 0.249 e. The highest BCUT2D eigenvalue weighted by Gasteiger charge is 2.29. The number of aromatic amines is 1. The van der Waals surface area contributed by atoms with Gasteiger partial charge in [0.1, 0.15) is 11.6 Å². The standard InChI is InChI=1S/C19H25FN4O3/c1-11(13-6-8-27-9-7-13)12(2)18(25)22-19-21-17(23-24-19)15-5-4-14(26-3)10-16(15)20/h4-5,10-13H,6-9H2,1-3H3,(H2,21,22,23,24,25). The van der Waals surface area contributed by atoms with Crippen molar-refractivity contribution in [2.45, 2.75) is 26.7 Å². The molecule has 8 heteroatoms. The van der Waals surface area contributed by atoms with Crippen molar-refractivity contribution in [2.75, 3.05) is 25.6 Å². The number of nitrogens with one attached hydrogen (secondary N) is 2. The molecule has 0 spiro atoms. The summed E-state index contributed by atoms with van der Waals surface area (Å²) in [6, 6.07) is 4.46. The van der Waals surface area contributed by atoms with Gasteiger partial charge in [-0.3, -0.25) is 15.2 Å². The number of halogens is 1. The number of H-pyrrole nitrogens is 1. The molecule has 1 saturated heterocycles. The van der Waals surface area contributed by atoms with Crippen molar-refractivity contribution in [3.8, 4) is 17.1 Å². The maximum absolute atomic E-state index is 14.2. The van der Waals surface area contributed by atoms with Crippen LogP contribution in [0.2, 0.25) is 0 Å². The summed E-state index contributed by atoms with van der Waals surface area (Å²) < 4.78 is 24.6. The van der Waals surface area contributed by atoms with Gasteiger partial charge >= 0.3 is 0 Å². The Bertz CT molecular complexity index is 789. The number of nitrogens with zero attached hydrogens (tertiary/aromatic N) is 2. The molecule has 27 heavy (non-hydrogen) atoms. The second kappa shape index (κ2) is 8.47. The first-order valence-electron chi connectivity index (χ1n) is 9.14. The molecule has 7 nitrogen and oxygen atoms in total. The van der Waals surface area contributed by atoms with E-state index < -0.39 is 5.82 Å². The number of carbonyl (C=O) groups is 1. The Hall–Kier alpha value is -2.48. The largest absolute Gasteiger partial charge is 0.497 e. The van der Waals surface area contributed by atoms with Crippen molar-refractivity contribution < 1.29 is 18.7 Å². The van der Waals surface area contributed by atoms with Gasteiger partial charge in [0.05, 0.1) is 12.7 Å². The summed E-state index contributed by atoms with van der Waals surface area (Å²) in [5.41, 5.74) is 0.257. The van der Waals surface area contributed by atoms with Gasteiger partial charge in [-0.1, -0.05) is 13.8 Å². The fourth-order valence-electron chi connectivity index (χ4n) is 3.37. The van der Waals surface area contributed by atoms with Crippen LogP contribution >= 0.6 is 0 Å². The number of methoxy groups -OCH3 is 1. The summed E-state index contributed by atoms with van der Waals surface area (Å²) >= 11 is 0. The van der Waals surface area contributed by atoms with Crippen LogP contribution in [0.25, 0.3) is 11.4 Å². The van der Waals surface area contributed by atoms with E-state index in [1.165, 1.54) is 13.2 Å². The third-order valence-corrected chi connectivity index (χ3v) is 5.36. The van der Waals surface area contributed by atoms with Crippen molar-refractivity contribution >= 4 is 11.9 Å². The molecule has 1 fully saturated rings. The molecule has 1 aromatic carbocycles. The van der Waals surface area contributed by atoms with Gasteiger partial charge in [-0.25, -0.2) is 4.39 Å². The van der Waals surface area contributed by atoms with Gasteiger partial charge in [-0.05, 0) is 36.8 Å². The van der Waals surface area contributed by atoms with Gasteiger partial charge in [0.25, 0.3) is 0 Å². The highest BCUT2D eigenvalue weighted by Crippen LogP contribution is 2.30. The summed E-state index contributed by atoms with van der Waals surface area (Å²) in [4.78, 5) is 16.8. The lowest BCUT2D eigenvalue weighted by Crippen LogP contribution is -2.32. The normalized spacial score (nSPS) is 17.3. The number of amides is 1. The summed E-state index contributed by atoms with van der Waals surface area (Å²) in [7, 11) is 1.47. The third kappa shape index (κ3) is 4.44. The molecule has 2 aromatic rings. The Morgan fingerprint density at radius 3 is 2.78 bits per heavy atom. The van der Waals surface area contributed by atoms with E-state index in [2.05, 4.69) is 27.4 Å². The first-order valence-corrected chi connectivity index (χ1v) is 9.14. The van der Waals surface area contributed by atoms with Crippen LogP contribution in [0.4, 0.5) is 10.3 Å². The van der Waals surface area contributed by atoms with E-state index in [0.717, 1.165) is 26.1 Å². The Kier molecular flexibility index (Phi) is 6.05. The zero-order valence-corrected chi connectivity index (χ0v) is 15.8. The Balaban J connectivity index is 1.65. The monoisotopic (exact) mass is 376 g/mol. The maximum atomic E-state index is 14.2. The molecule has 2 heterocycles. The Morgan fingerprint density at radius 1 is 1.37 bits per heavy atom. The van der Waals surface area contributed by atoms with Crippen LogP contribution in [0.1, 0.15) is 26.7 Å². The Morgan fingerprint density at radius 2 is 2.11 bits per heavy atom. The number of anilines is 1. The van der Waals surface area contributed by atoms with Crippen LogP contribution in [0, 0.1) is 23.6 Å². The molecule has 0 saturated carbocycles. The number of hydrogen-bond donors (Lipinski definition) is 2. The summed E-state index contributed by atoms with van der Waals surface area (Å²) in [6.45, 7) is 5.50. The van der Waals surface area contributed by atoms with Crippen LogP contribution < -0.4 is 10.1 Å². The average Bonchev–Trinajstić information content (AvgIpc) is 3.15. The van der Waals surface area contributed by atoms with Crippen LogP contribution in [0.15, 0.2) is 18.2 Å². The lowest BCUT2D eigenvalue weighted by Gasteiger charge is -2.30. The van der Waals surface area contributed by atoms with E-state index >= 15 is 0 Å². The average molecular weight is 376 g/mol. The van der Waals surface area contributed by atoms with Gasteiger partial charge in [-0.2, -0.15) is 4.98 Å². The first-order chi connectivity index (χ1) is 13.0. The van der Waals surface area contributed by atoms with Gasteiger partial charge < -0.3 is 9.47 Å². The van der Waals surface area contributed by atoms with E-state index in [1.54, 1.807) is 12.1 Å². The highest BCUT2D eigenvalue weighted by molar-refractivity contribution is 5.91. The molecular weight excluding hydrogens is 351 g/mol. The Labute approximate surface area is 157 Å². The van der Waals surface area contributed by atoms with Gasteiger partial charge in [0, 0.05) is 25.2 Å². The molecule has 0 aliphatic carbocycles. The van der Waals surface area contributed by atoms with Crippen molar-refractivity contribution in [2.24, 2.45) is 17.8 Å². The SMILES string of the molecule is COc1ccc(-c2nc(NC(=O)C(C)C(C)C3CCOCC3)n[nH]2)c(F)c1. The first kappa shape index (κ1) is 19.3. The minimum Gasteiger partial charge on any atom is -0.497 e. The zero-order chi connectivity index (χ0) is 19.4. The fraction of sp³-hybridized carbons (Fsp3) is 0.526. The summed E-state index contributed by atoms with van der Waals surface area (Å²) in [6.07, 6.45) is 1.95. The number of rotatable bonds is 6. The van der Waals surface area contributed by atoms with Crippen LogP contribution in [0.3, 0.4) is 0 Å². The quantitative estimate of drug-likeness (QED) is 0.808. The van der Waals surface area contributed by atoms with Crippen molar-refractivity contribution in [3.05, 3.63) is 24.0 Å². The van der Waals surface area contributed by atoms with Gasteiger partial charge in [-0.15, -0.1) is 5.10 Å². The molecule has 2 atom stereocenters. The molecule has 1 aliphatic heterocycles. The second-order valence-corrected chi connectivity index (χ2v) is 6.94. The predicted octanol–water partition coefficient (Wildman–Crippen LogP) is 3.26. The fourth-order valence-corrected chi connectivity index (χ4v) is 3.37.